The van der Waals surface area contributed by atoms with E-state index in [4.69, 9.17) is 23.7 Å². The van der Waals surface area contributed by atoms with E-state index >= 15 is 0 Å². The summed E-state index contributed by atoms with van der Waals surface area (Å²) in [5.41, 5.74) is 1.10. The van der Waals surface area contributed by atoms with E-state index in [-0.39, 0.29) is 0 Å². The maximum absolute atomic E-state index is 5.86. The molecule has 164 valence electrons. The van der Waals surface area contributed by atoms with Crippen LogP contribution in [0, 0.1) is 0 Å². The first-order chi connectivity index (χ1) is 14.7. The molecule has 0 unspecified atom stereocenters. The summed E-state index contributed by atoms with van der Waals surface area (Å²) in [6, 6.07) is 11.7. The van der Waals surface area contributed by atoms with Crippen molar-refractivity contribution < 1.29 is 23.7 Å². The van der Waals surface area contributed by atoms with Gasteiger partial charge in [0.05, 0.1) is 28.4 Å². The van der Waals surface area contributed by atoms with E-state index in [1.54, 1.807) is 28.4 Å². The number of hydrogen-bond donors (Lipinski definition) is 0. The fraction of sp³-hybridized carbons (Fsp3) is 0.478. The van der Waals surface area contributed by atoms with Gasteiger partial charge in [0.15, 0.2) is 11.5 Å². The lowest BCUT2D eigenvalue weighted by Gasteiger charge is -2.34. The first-order valence-electron chi connectivity index (χ1n) is 10.2. The van der Waals surface area contributed by atoms with Crippen LogP contribution in [0.5, 0.6) is 28.7 Å². The van der Waals surface area contributed by atoms with Crippen LogP contribution in [0.3, 0.4) is 0 Å². The minimum absolute atomic E-state index is 0.645. The molecule has 0 aromatic heterocycles. The van der Waals surface area contributed by atoms with Crippen LogP contribution in [0.1, 0.15) is 5.56 Å². The number of nitrogens with zero attached hydrogens (tertiary/aromatic N) is 2. The molecule has 1 aliphatic heterocycles. The Morgan fingerprint density at radius 1 is 0.667 bits per heavy atom. The maximum atomic E-state index is 5.86. The van der Waals surface area contributed by atoms with Crippen LogP contribution >= 0.6 is 0 Å². The van der Waals surface area contributed by atoms with Crippen molar-refractivity contribution in [1.29, 1.82) is 0 Å². The molecule has 0 atom stereocenters. The quantitative estimate of drug-likeness (QED) is 0.590. The molecule has 7 heteroatoms. The number of ether oxygens (including phenoxy) is 5. The summed E-state index contributed by atoms with van der Waals surface area (Å²) in [4.78, 5) is 4.87. The second-order valence-corrected chi connectivity index (χ2v) is 7.14. The lowest BCUT2D eigenvalue weighted by Crippen LogP contribution is -2.47. The molecule has 3 rings (SSSR count). The Hall–Kier alpha value is -2.64. The van der Waals surface area contributed by atoms with Crippen LogP contribution in [0.25, 0.3) is 0 Å². The van der Waals surface area contributed by atoms with Gasteiger partial charge in [-0.05, 0) is 30.3 Å². The van der Waals surface area contributed by atoms with Crippen LogP contribution in [0.2, 0.25) is 0 Å². The standard InChI is InChI=1S/C23H32N2O5/c1-26-19-6-8-20(9-7-19)30-16-15-24-11-13-25(14-12-24)17-18-5-10-21(27-2)23(29-4)22(18)28-3/h5-10H,11-17H2,1-4H3. The van der Waals surface area contributed by atoms with E-state index in [0.717, 1.165) is 62.1 Å². The summed E-state index contributed by atoms with van der Waals surface area (Å²) >= 11 is 0. The van der Waals surface area contributed by atoms with Crippen LogP contribution in [0.4, 0.5) is 0 Å². The van der Waals surface area contributed by atoms with Gasteiger partial charge in [-0.3, -0.25) is 9.80 Å². The third-order valence-corrected chi connectivity index (χ3v) is 5.38. The molecule has 0 spiro atoms. The fourth-order valence-electron chi connectivity index (χ4n) is 3.66. The number of methoxy groups -OCH3 is 4. The Morgan fingerprint density at radius 2 is 1.30 bits per heavy atom. The largest absolute Gasteiger partial charge is 0.497 e. The van der Waals surface area contributed by atoms with Gasteiger partial charge < -0.3 is 23.7 Å². The molecule has 2 aromatic carbocycles. The van der Waals surface area contributed by atoms with Crippen molar-refractivity contribution in [2.24, 2.45) is 0 Å². The van der Waals surface area contributed by atoms with E-state index in [1.807, 2.05) is 30.3 Å². The molecule has 0 amide bonds. The van der Waals surface area contributed by atoms with Gasteiger partial charge in [-0.1, -0.05) is 6.07 Å². The summed E-state index contributed by atoms with van der Waals surface area (Å²) in [6.07, 6.45) is 0. The monoisotopic (exact) mass is 416 g/mol. The van der Waals surface area contributed by atoms with Gasteiger partial charge in [0.25, 0.3) is 0 Å². The second kappa shape index (κ2) is 10.9. The average molecular weight is 417 g/mol. The molecular weight excluding hydrogens is 384 g/mol. The van der Waals surface area contributed by atoms with E-state index in [2.05, 4.69) is 15.9 Å². The highest BCUT2D eigenvalue weighted by Crippen LogP contribution is 2.40. The molecule has 2 aromatic rings. The first-order valence-corrected chi connectivity index (χ1v) is 10.2. The third kappa shape index (κ3) is 5.49. The highest BCUT2D eigenvalue weighted by molar-refractivity contribution is 5.55. The predicted octanol–water partition coefficient (Wildman–Crippen LogP) is 2.92. The van der Waals surface area contributed by atoms with Gasteiger partial charge >= 0.3 is 0 Å². The van der Waals surface area contributed by atoms with Crippen LogP contribution in [-0.2, 0) is 6.54 Å². The zero-order valence-electron chi connectivity index (χ0n) is 18.3. The van der Waals surface area contributed by atoms with Gasteiger partial charge in [0.2, 0.25) is 5.75 Å². The molecule has 0 N–H and O–H groups in total. The molecule has 7 nitrogen and oxygen atoms in total. The van der Waals surface area contributed by atoms with Gasteiger partial charge in [-0.25, -0.2) is 0 Å². The Morgan fingerprint density at radius 3 is 1.90 bits per heavy atom. The SMILES string of the molecule is COc1ccc(OCCN2CCN(Cc3ccc(OC)c(OC)c3OC)CC2)cc1. The summed E-state index contributed by atoms with van der Waals surface area (Å²) in [7, 11) is 6.60. The normalized spacial score (nSPS) is 14.9. The molecule has 0 bridgehead atoms. The number of piperazine rings is 1. The predicted molar refractivity (Wildman–Crippen MR) is 116 cm³/mol. The Balaban J connectivity index is 1.46. The fourth-order valence-corrected chi connectivity index (χ4v) is 3.66. The summed E-state index contributed by atoms with van der Waals surface area (Å²) in [6.45, 7) is 6.44. The number of rotatable bonds is 10. The van der Waals surface area contributed by atoms with E-state index in [9.17, 15) is 0 Å². The van der Waals surface area contributed by atoms with E-state index in [1.165, 1.54) is 0 Å². The number of hydrogen-bond acceptors (Lipinski definition) is 7. The Labute approximate surface area is 179 Å². The Kier molecular flexibility index (Phi) is 8.04. The molecule has 0 radical (unpaired) electrons. The summed E-state index contributed by atoms with van der Waals surface area (Å²) in [5, 5.41) is 0. The number of benzene rings is 2. The average Bonchev–Trinajstić information content (AvgIpc) is 2.80. The zero-order valence-corrected chi connectivity index (χ0v) is 18.3. The van der Waals surface area contributed by atoms with Crippen molar-refractivity contribution in [3.63, 3.8) is 0 Å². The van der Waals surface area contributed by atoms with E-state index < -0.39 is 0 Å². The topological polar surface area (TPSA) is 52.6 Å². The smallest absolute Gasteiger partial charge is 0.203 e. The third-order valence-electron chi connectivity index (χ3n) is 5.38. The van der Waals surface area contributed by atoms with E-state index in [0.29, 0.717) is 18.1 Å². The van der Waals surface area contributed by atoms with Crippen molar-refractivity contribution in [2.75, 3.05) is 67.8 Å². The van der Waals surface area contributed by atoms with Crippen LogP contribution in [-0.4, -0.2) is 77.6 Å². The van der Waals surface area contributed by atoms with Crippen LogP contribution in [0.15, 0.2) is 36.4 Å². The molecule has 30 heavy (non-hydrogen) atoms. The molecule has 1 aliphatic rings. The minimum Gasteiger partial charge on any atom is -0.497 e. The molecule has 1 saturated heterocycles. The second-order valence-electron chi connectivity index (χ2n) is 7.14. The summed E-state index contributed by atoms with van der Waals surface area (Å²) < 4.78 is 27.5. The highest BCUT2D eigenvalue weighted by atomic mass is 16.5. The lowest BCUT2D eigenvalue weighted by atomic mass is 10.1. The van der Waals surface area contributed by atoms with Crippen molar-refractivity contribution in [3.8, 4) is 28.7 Å². The Bertz CT molecular complexity index is 789. The van der Waals surface area contributed by atoms with Crippen molar-refractivity contribution in [1.82, 2.24) is 9.80 Å². The zero-order chi connectivity index (χ0) is 21.3. The highest BCUT2D eigenvalue weighted by Gasteiger charge is 2.21. The molecule has 1 fully saturated rings. The minimum atomic E-state index is 0.645. The van der Waals surface area contributed by atoms with Gasteiger partial charge in [-0.15, -0.1) is 0 Å². The molecule has 0 aliphatic carbocycles. The van der Waals surface area contributed by atoms with Crippen molar-refractivity contribution in [3.05, 3.63) is 42.0 Å². The lowest BCUT2D eigenvalue weighted by molar-refractivity contribution is 0.112. The van der Waals surface area contributed by atoms with Gasteiger partial charge in [0, 0.05) is 44.8 Å². The maximum Gasteiger partial charge on any atom is 0.203 e. The van der Waals surface area contributed by atoms with Crippen LogP contribution < -0.4 is 23.7 Å². The van der Waals surface area contributed by atoms with Gasteiger partial charge in [-0.2, -0.15) is 0 Å². The summed E-state index contributed by atoms with van der Waals surface area (Å²) in [5.74, 6) is 3.78. The molecular formula is C23H32N2O5. The first kappa shape index (κ1) is 22.1. The molecule has 1 heterocycles. The van der Waals surface area contributed by atoms with Crippen molar-refractivity contribution >= 4 is 0 Å². The van der Waals surface area contributed by atoms with Crippen molar-refractivity contribution in [2.45, 2.75) is 6.54 Å². The van der Waals surface area contributed by atoms with Gasteiger partial charge in [0.1, 0.15) is 18.1 Å². The molecule has 0 saturated carbocycles.